The van der Waals surface area contributed by atoms with E-state index >= 15 is 0 Å². The highest BCUT2D eigenvalue weighted by Crippen LogP contribution is 2.23. The monoisotopic (exact) mass is 384 g/mol. The molecule has 0 N–H and O–H groups in total. The van der Waals surface area contributed by atoms with Crippen molar-refractivity contribution < 1.29 is 8.78 Å². The first-order valence-corrected chi connectivity index (χ1v) is 8.59. The second kappa shape index (κ2) is 7.53. The maximum atomic E-state index is 12.5. The molecule has 0 saturated carbocycles. The van der Waals surface area contributed by atoms with Gasteiger partial charge >= 0.3 is 0 Å². The van der Waals surface area contributed by atoms with E-state index in [0.717, 1.165) is 11.4 Å². The number of hydrogen-bond donors (Lipinski definition) is 0. The van der Waals surface area contributed by atoms with E-state index in [1.165, 1.54) is 6.20 Å². The van der Waals surface area contributed by atoms with E-state index in [0.29, 0.717) is 42.5 Å². The van der Waals surface area contributed by atoms with Gasteiger partial charge in [-0.15, -0.1) is 0 Å². The summed E-state index contributed by atoms with van der Waals surface area (Å²) in [6.07, 6.45) is -1.29. The molecule has 1 fully saturated rings. The Hall–Kier alpha value is -2.29. The first kappa shape index (κ1) is 18.5. The molecule has 10 heteroatoms. The Morgan fingerprint density at radius 2 is 1.69 bits per heavy atom. The number of nitrogens with zero attached hydrogens (tertiary/aromatic N) is 6. The number of halogens is 3. The van der Waals surface area contributed by atoms with Crippen molar-refractivity contribution in [2.75, 3.05) is 36.0 Å². The van der Waals surface area contributed by atoms with Gasteiger partial charge in [0.15, 0.2) is 0 Å². The highest BCUT2D eigenvalue weighted by atomic mass is 35.5. The van der Waals surface area contributed by atoms with E-state index in [2.05, 4.69) is 20.0 Å². The molecule has 3 heterocycles. The third kappa shape index (κ3) is 3.92. The van der Waals surface area contributed by atoms with Crippen molar-refractivity contribution in [2.45, 2.75) is 26.8 Å². The van der Waals surface area contributed by atoms with Gasteiger partial charge in [-0.25, -0.2) is 23.4 Å². The molecule has 0 atom stereocenters. The number of aromatic nitrogens is 4. The fourth-order valence-corrected chi connectivity index (χ4v) is 3.20. The summed E-state index contributed by atoms with van der Waals surface area (Å²) >= 11 is 6.11. The molecule has 1 aliphatic rings. The quantitative estimate of drug-likeness (QED) is 0.802. The van der Waals surface area contributed by atoms with Crippen molar-refractivity contribution in [1.29, 1.82) is 0 Å². The Morgan fingerprint density at radius 1 is 1.12 bits per heavy atom. The summed E-state index contributed by atoms with van der Waals surface area (Å²) in [7, 11) is 0. The van der Waals surface area contributed by atoms with E-state index in [4.69, 9.17) is 11.6 Å². The number of alkyl halides is 2. The van der Waals surface area contributed by atoms with Gasteiger partial charge in [0.25, 0.3) is 12.0 Å². The molecule has 0 amide bonds. The summed E-state index contributed by atoms with van der Waals surface area (Å²) in [6.45, 7) is 5.57. The predicted octanol–water partition coefficient (Wildman–Crippen LogP) is 1.90. The first-order chi connectivity index (χ1) is 12.3. The zero-order valence-electron chi connectivity index (χ0n) is 14.5. The molecule has 3 rings (SSSR count). The van der Waals surface area contributed by atoms with Crippen LogP contribution in [0.5, 0.6) is 0 Å². The first-order valence-electron chi connectivity index (χ1n) is 8.21. The lowest BCUT2D eigenvalue weighted by atomic mass is 10.3. The van der Waals surface area contributed by atoms with Gasteiger partial charge in [0.2, 0.25) is 5.95 Å². The molecule has 0 radical (unpaired) electrons. The van der Waals surface area contributed by atoms with Crippen molar-refractivity contribution >= 4 is 23.2 Å². The van der Waals surface area contributed by atoms with Crippen LogP contribution in [0.25, 0.3) is 0 Å². The minimum absolute atomic E-state index is 0.0863. The van der Waals surface area contributed by atoms with Crippen molar-refractivity contribution in [3.63, 3.8) is 0 Å². The van der Waals surface area contributed by atoms with Gasteiger partial charge in [-0.05, 0) is 19.9 Å². The zero-order valence-corrected chi connectivity index (χ0v) is 15.2. The van der Waals surface area contributed by atoms with E-state index < -0.39 is 18.5 Å². The molecule has 2 aromatic heterocycles. The molecule has 140 valence electrons. The molecule has 0 aromatic carbocycles. The van der Waals surface area contributed by atoms with E-state index in [-0.39, 0.29) is 5.02 Å². The Balaban J connectivity index is 1.74. The second-order valence-corrected chi connectivity index (χ2v) is 6.52. The summed E-state index contributed by atoms with van der Waals surface area (Å²) in [4.78, 5) is 25.0. The van der Waals surface area contributed by atoms with Crippen LogP contribution in [0.1, 0.15) is 11.4 Å². The summed E-state index contributed by atoms with van der Waals surface area (Å²) in [5.41, 5.74) is 1.57. The van der Waals surface area contributed by atoms with Crippen LogP contribution < -0.4 is 15.4 Å². The summed E-state index contributed by atoms with van der Waals surface area (Å²) in [5.74, 6) is 0.679. The Kier molecular flexibility index (Phi) is 5.36. The van der Waals surface area contributed by atoms with Crippen molar-refractivity contribution in [3.05, 3.63) is 39.0 Å². The van der Waals surface area contributed by atoms with Crippen LogP contribution in [-0.2, 0) is 6.54 Å². The number of aryl methyl sites for hydroxylation is 2. The van der Waals surface area contributed by atoms with E-state index in [9.17, 15) is 13.6 Å². The molecular weight excluding hydrogens is 366 g/mol. The molecule has 1 aliphatic heterocycles. The topological polar surface area (TPSA) is 67.2 Å². The average Bonchev–Trinajstić information content (AvgIpc) is 2.58. The van der Waals surface area contributed by atoms with Crippen LogP contribution in [0.4, 0.5) is 20.4 Å². The van der Waals surface area contributed by atoms with Crippen molar-refractivity contribution in [2.24, 2.45) is 0 Å². The second-order valence-electron chi connectivity index (χ2n) is 6.15. The fraction of sp³-hybridized carbons (Fsp3) is 0.500. The summed E-state index contributed by atoms with van der Waals surface area (Å²) in [6, 6.07) is 1.92. The minimum atomic E-state index is -2.66. The molecule has 0 spiro atoms. The predicted molar refractivity (Wildman–Crippen MR) is 95.4 cm³/mol. The molecule has 2 aromatic rings. The van der Waals surface area contributed by atoms with E-state index in [1.807, 2.05) is 24.8 Å². The van der Waals surface area contributed by atoms with Gasteiger partial charge in [-0.1, -0.05) is 11.6 Å². The third-order valence-electron chi connectivity index (χ3n) is 4.15. The zero-order chi connectivity index (χ0) is 18.8. The molecular formula is C16H19ClF2N6O. The van der Waals surface area contributed by atoms with Gasteiger partial charge < -0.3 is 9.80 Å². The normalized spacial score (nSPS) is 15.0. The lowest BCUT2D eigenvalue weighted by Crippen LogP contribution is -2.47. The van der Waals surface area contributed by atoms with Gasteiger partial charge in [0, 0.05) is 37.6 Å². The highest BCUT2D eigenvalue weighted by molar-refractivity contribution is 6.33. The van der Waals surface area contributed by atoms with Crippen molar-refractivity contribution in [1.82, 2.24) is 19.7 Å². The summed E-state index contributed by atoms with van der Waals surface area (Å²) < 4.78 is 25.6. The van der Waals surface area contributed by atoms with Gasteiger partial charge in [0.05, 0.1) is 11.9 Å². The average molecular weight is 385 g/mol. The smallest absolute Gasteiger partial charge is 0.287 e. The molecule has 0 unspecified atom stereocenters. The molecule has 26 heavy (non-hydrogen) atoms. The van der Waals surface area contributed by atoms with Gasteiger partial charge in [-0.2, -0.15) is 5.10 Å². The molecule has 0 aliphatic carbocycles. The largest absolute Gasteiger partial charge is 0.365 e. The van der Waals surface area contributed by atoms with Crippen LogP contribution in [0, 0.1) is 13.8 Å². The fourth-order valence-electron chi connectivity index (χ4n) is 2.93. The van der Waals surface area contributed by atoms with Crippen LogP contribution in [0.3, 0.4) is 0 Å². The third-order valence-corrected chi connectivity index (χ3v) is 4.51. The Morgan fingerprint density at radius 3 is 2.27 bits per heavy atom. The minimum Gasteiger partial charge on any atom is -0.365 e. The molecule has 7 nitrogen and oxygen atoms in total. The standard InChI is InChI=1S/C16H19ClF2N6O/c1-10-7-11(2)22-16(21-10)24-5-3-23(4-6-24)12-8-20-25(9-13(18)19)15(26)14(12)17/h7-8,13H,3-6,9H2,1-2H3. The van der Waals surface area contributed by atoms with E-state index in [1.54, 1.807) is 0 Å². The van der Waals surface area contributed by atoms with Gasteiger partial charge in [-0.3, -0.25) is 4.79 Å². The maximum Gasteiger partial charge on any atom is 0.287 e. The molecule has 1 saturated heterocycles. The molecule has 0 bridgehead atoms. The van der Waals surface area contributed by atoms with Crippen LogP contribution in [-0.4, -0.2) is 52.4 Å². The summed E-state index contributed by atoms with van der Waals surface area (Å²) in [5, 5.41) is 3.73. The Labute approximate surface area is 154 Å². The lowest BCUT2D eigenvalue weighted by molar-refractivity contribution is 0.119. The van der Waals surface area contributed by atoms with Crippen LogP contribution in [0.15, 0.2) is 17.1 Å². The number of hydrogen-bond acceptors (Lipinski definition) is 6. The van der Waals surface area contributed by atoms with Crippen molar-refractivity contribution in [3.8, 4) is 0 Å². The Bertz CT molecular complexity index is 831. The number of anilines is 2. The van der Waals surface area contributed by atoms with Crippen LogP contribution in [0.2, 0.25) is 5.02 Å². The highest BCUT2D eigenvalue weighted by Gasteiger charge is 2.23. The lowest BCUT2D eigenvalue weighted by Gasteiger charge is -2.36. The van der Waals surface area contributed by atoms with Crippen LogP contribution >= 0.6 is 11.6 Å². The number of piperazine rings is 1. The number of rotatable bonds is 4. The maximum absolute atomic E-state index is 12.5. The SMILES string of the molecule is Cc1cc(C)nc(N2CCN(c3cnn(CC(F)F)c(=O)c3Cl)CC2)n1. The van der Waals surface area contributed by atoms with Gasteiger partial charge in [0.1, 0.15) is 11.6 Å².